The second kappa shape index (κ2) is 4.72. The Bertz CT molecular complexity index is 482. The predicted octanol–water partition coefficient (Wildman–Crippen LogP) is 0.00274. The van der Waals surface area contributed by atoms with Gasteiger partial charge in [0.2, 0.25) is 5.91 Å². The number of hydrogen-bond acceptors (Lipinski definition) is 5. The Morgan fingerprint density at radius 3 is 2.25 bits per heavy atom. The number of carbonyl (C=O) groups excluding carboxylic acids is 2. The molecule has 0 spiro atoms. The van der Waals surface area contributed by atoms with Crippen LogP contribution in [0, 0.1) is 34.0 Å². The van der Waals surface area contributed by atoms with Crippen molar-refractivity contribution in [1.82, 2.24) is 4.90 Å². The molecule has 1 amide bonds. The van der Waals surface area contributed by atoms with E-state index in [-0.39, 0.29) is 36.4 Å². The Morgan fingerprint density at radius 2 is 1.88 bits per heavy atom. The highest BCUT2D eigenvalue weighted by Gasteiger charge is 2.31. The van der Waals surface area contributed by atoms with E-state index in [1.165, 1.54) is 0 Å². The maximum Gasteiger partial charge on any atom is 0.234 e. The first-order valence-corrected chi connectivity index (χ1v) is 4.36. The molecule has 16 heavy (non-hydrogen) atoms. The van der Waals surface area contributed by atoms with E-state index in [1.807, 2.05) is 0 Å². The molecule has 0 radical (unpaired) electrons. The zero-order valence-corrected chi connectivity index (χ0v) is 8.23. The van der Waals surface area contributed by atoms with Gasteiger partial charge in [-0.15, -0.1) is 0 Å². The number of likely N-dealkylation sites (tertiary alicyclic amines) is 1. The zero-order chi connectivity index (χ0) is 12.1. The monoisotopic (exact) mass is 214 g/mol. The van der Waals surface area contributed by atoms with Crippen molar-refractivity contribution < 1.29 is 9.59 Å². The number of nitriles is 3. The summed E-state index contributed by atoms with van der Waals surface area (Å²) in [6.45, 7) is -0.164. The molecule has 1 aliphatic rings. The third-order valence-electron chi connectivity index (χ3n) is 2.07. The van der Waals surface area contributed by atoms with Gasteiger partial charge in [-0.3, -0.25) is 9.59 Å². The van der Waals surface area contributed by atoms with E-state index in [2.05, 4.69) is 0 Å². The molecule has 0 bridgehead atoms. The first-order chi connectivity index (χ1) is 7.63. The molecule has 1 fully saturated rings. The van der Waals surface area contributed by atoms with E-state index in [1.54, 1.807) is 18.2 Å². The summed E-state index contributed by atoms with van der Waals surface area (Å²) >= 11 is 0. The van der Waals surface area contributed by atoms with Gasteiger partial charge in [0.05, 0.1) is 31.2 Å². The average Bonchev–Trinajstić information content (AvgIpc) is 2.58. The van der Waals surface area contributed by atoms with Crippen LogP contribution in [0.1, 0.15) is 12.8 Å². The van der Waals surface area contributed by atoms with Crippen LogP contribution in [0.25, 0.3) is 0 Å². The Hall–Kier alpha value is -2.65. The number of Topliss-reactive ketones (excluding diaryl/α,β-unsaturated/α-hetero) is 1. The molecule has 0 N–H and O–H groups in total. The molecule has 0 unspecified atom stereocenters. The fourth-order valence-electron chi connectivity index (χ4n) is 1.38. The Balaban J connectivity index is 3.16. The highest BCUT2D eigenvalue weighted by atomic mass is 16.2. The van der Waals surface area contributed by atoms with Crippen molar-refractivity contribution in [2.24, 2.45) is 0 Å². The van der Waals surface area contributed by atoms with Crippen LogP contribution in [0.15, 0.2) is 11.3 Å². The van der Waals surface area contributed by atoms with Gasteiger partial charge in [-0.25, -0.2) is 0 Å². The number of carbonyl (C=O) groups is 2. The maximum atomic E-state index is 11.4. The van der Waals surface area contributed by atoms with E-state index in [0.29, 0.717) is 0 Å². The van der Waals surface area contributed by atoms with Crippen LogP contribution in [-0.2, 0) is 9.59 Å². The van der Waals surface area contributed by atoms with Gasteiger partial charge in [-0.1, -0.05) is 0 Å². The second-order valence-corrected chi connectivity index (χ2v) is 3.08. The average molecular weight is 214 g/mol. The van der Waals surface area contributed by atoms with Gasteiger partial charge in [0.1, 0.15) is 17.7 Å². The molecule has 0 aliphatic carbocycles. The van der Waals surface area contributed by atoms with E-state index >= 15 is 0 Å². The molecule has 0 aromatic heterocycles. The minimum Gasteiger partial charge on any atom is -0.305 e. The largest absolute Gasteiger partial charge is 0.305 e. The fraction of sp³-hybridized carbons (Fsp3) is 0.300. The Labute approximate surface area is 91.6 Å². The number of amides is 1. The second-order valence-electron chi connectivity index (χ2n) is 3.08. The molecule has 0 atom stereocenters. The van der Waals surface area contributed by atoms with Crippen molar-refractivity contribution in [3.63, 3.8) is 0 Å². The molecule has 0 aromatic rings. The molecule has 1 saturated heterocycles. The highest BCUT2D eigenvalue weighted by Crippen LogP contribution is 2.19. The fourth-order valence-corrected chi connectivity index (χ4v) is 1.38. The first-order valence-electron chi connectivity index (χ1n) is 4.36. The van der Waals surface area contributed by atoms with Crippen LogP contribution in [0.3, 0.4) is 0 Å². The van der Waals surface area contributed by atoms with Gasteiger partial charge >= 0.3 is 0 Å². The summed E-state index contributed by atoms with van der Waals surface area (Å²) in [4.78, 5) is 23.5. The molecule has 6 heteroatoms. The lowest BCUT2D eigenvalue weighted by molar-refractivity contribution is -0.126. The number of rotatable bonds is 2. The molecule has 1 rings (SSSR count). The summed E-state index contributed by atoms with van der Waals surface area (Å²) in [5.41, 5.74) is -0.284. The third kappa shape index (κ3) is 2.05. The summed E-state index contributed by atoms with van der Waals surface area (Å²) in [7, 11) is 0. The van der Waals surface area contributed by atoms with Gasteiger partial charge in [-0.05, 0) is 0 Å². The number of hydrogen-bond donors (Lipinski definition) is 0. The minimum absolute atomic E-state index is 0.0170. The summed E-state index contributed by atoms with van der Waals surface area (Å²) < 4.78 is 0. The lowest BCUT2D eigenvalue weighted by Crippen LogP contribution is -2.25. The number of ketones is 1. The van der Waals surface area contributed by atoms with Gasteiger partial charge in [-0.2, -0.15) is 15.8 Å². The first kappa shape index (κ1) is 11.4. The molecule has 6 nitrogen and oxygen atoms in total. The van der Waals surface area contributed by atoms with Crippen LogP contribution in [0.4, 0.5) is 0 Å². The van der Waals surface area contributed by atoms with Gasteiger partial charge < -0.3 is 4.90 Å². The third-order valence-corrected chi connectivity index (χ3v) is 2.07. The predicted molar refractivity (Wildman–Crippen MR) is 49.8 cm³/mol. The van der Waals surface area contributed by atoms with Crippen molar-refractivity contribution in [3.8, 4) is 18.2 Å². The summed E-state index contributed by atoms with van der Waals surface area (Å²) in [5, 5.41) is 25.9. The van der Waals surface area contributed by atoms with E-state index in [4.69, 9.17) is 15.8 Å². The van der Waals surface area contributed by atoms with Crippen molar-refractivity contribution in [2.75, 3.05) is 6.54 Å². The van der Waals surface area contributed by atoms with Gasteiger partial charge in [0, 0.05) is 0 Å². The van der Waals surface area contributed by atoms with Crippen molar-refractivity contribution >= 4 is 11.7 Å². The van der Waals surface area contributed by atoms with E-state index in [9.17, 15) is 9.59 Å². The summed E-state index contributed by atoms with van der Waals surface area (Å²) in [6, 6.07) is 4.99. The van der Waals surface area contributed by atoms with Crippen LogP contribution in [-0.4, -0.2) is 23.1 Å². The quantitative estimate of drug-likeness (QED) is 0.474. The molecule has 0 saturated carbocycles. The van der Waals surface area contributed by atoms with E-state index in [0.717, 1.165) is 4.90 Å². The number of nitrogens with zero attached hydrogens (tertiary/aromatic N) is 4. The zero-order valence-electron chi connectivity index (χ0n) is 8.23. The smallest absolute Gasteiger partial charge is 0.234 e. The standard InChI is InChI=1S/C10H6N4O2/c11-2-1-9(7(4-12)5-13)14-6-8(15)3-10(14)16/h1,3,6H2. The SMILES string of the molecule is N#CCC(=C(C#N)C#N)N1CC(=O)CC1=O. The highest BCUT2D eigenvalue weighted by molar-refractivity contribution is 6.06. The molecule has 1 heterocycles. The van der Waals surface area contributed by atoms with Crippen LogP contribution >= 0.6 is 0 Å². The Morgan fingerprint density at radius 1 is 1.25 bits per heavy atom. The van der Waals surface area contributed by atoms with E-state index < -0.39 is 5.91 Å². The van der Waals surface area contributed by atoms with Crippen LogP contribution < -0.4 is 0 Å². The molecule has 78 valence electrons. The van der Waals surface area contributed by atoms with Crippen molar-refractivity contribution in [2.45, 2.75) is 12.8 Å². The van der Waals surface area contributed by atoms with Gasteiger partial charge in [0.15, 0.2) is 5.78 Å². The van der Waals surface area contributed by atoms with Crippen LogP contribution in [0.5, 0.6) is 0 Å². The topological polar surface area (TPSA) is 109 Å². The lowest BCUT2D eigenvalue weighted by Gasteiger charge is -2.16. The van der Waals surface area contributed by atoms with Crippen LogP contribution in [0.2, 0.25) is 0 Å². The molecule has 0 aromatic carbocycles. The summed E-state index contributed by atoms with van der Waals surface area (Å²) in [5.74, 6) is -0.756. The minimum atomic E-state index is -0.474. The summed E-state index contributed by atoms with van der Waals surface area (Å²) in [6.07, 6.45) is -0.478. The lowest BCUT2D eigenvalue weighted by atomic mass is 10.2. The molecular weight excluding hydrogens is 208 g/mol. The number of allylic oxidation sites excluding steroid dienone is 2. The van der Waals surface area contributed by atoms with Gasteiger partial charge in [0.25, 0.3) is 0 Å². The normalized spacial score (nSPS) is 13.9. The maximum absolute atomic E-state index is 11.4. The molecule has 1 aliphatic heterocycles. The van der Waals surface area contributed by atoms with Crippen molar-refractivity contribution in [3.05, 3.63) is 11.3 Å². The Kier molecular flexibility index (Phi) is 3.37. The molecular formula is C10H6N4O2. The van der Waals surface area contributed by atoms with Crippen molar-refractivity contribution in [1.29, 1.82) is 15.8 Å².